The summed E-state index contributed by atoms with van der Waals surface area (Å²) in [4.78, 5) is 0. The van der Waals surface area contributed by atoms with Gasteiger partial charge in [0, 0.05) is 0 Å². The zero-order chi connectivity index (χ0) is 13.9. The number of rotatable bonds is 3. The van der Waals surface area contributed by atoms with Crippen LogP contribution < -0.4 is 4.74 Å². The summed E-state index contributed by atoms with van der Waals surface area (Å²) in [5.74, 6) is 0.842. The van der Waals surface area contributed by atoms with E-state index in [1.165, 1.54) is 10.8 Å². The van der Waals surface area contributed by atoms with Crippen LogP contribution in [0.2, 0.25) is 10.0 Å². The molecule has 0 aliphatic rings. The summed E-state index contributed by atoms with van der Waals surface area (Å²) in [7, 11) is 0. The molecule has 0 unspecified atom stereocenters. The molecule has 0 aromatic heterocycles. The van der Waals surface area contributed by atoms with E-state index < -0.39 is 0 Å². The standard InChI is InChI=1S/C17H12Cl2O/c18-16-8-5-12(9-17(16)19)11-20-15-7-6-13-3-1-2-4-14(13)10-15/h1-10H,11H2. The molecule has 3 rings (SSSR count). The second kappa shape index (κ2) is 5.74. The van der Waals surface area contributed by atoms with Gasteiger partial charge in [-0.3, -0.25) is 0 Å². The van der Waals surface area contributed by atoms with Crippen molar-refractivity contribution in [3.63, 3.8) is 0 Å². The molecular formula is C17H12Cl2O. The summed E-state index contributed by atoms with van der Waals surface area (Å²) < 4.78 is 5.79. The zero-order valence-electron chi connectivity index (χ0n) is 10.6. The fraction of sp³-hybridized carbons (Fsp3) is 0.0588. The van der Waals surface area contributed by atoms with Crippen molar-refractivity contribution in [2.75, 3.05) is 0 Å². The third-order valence-electron chi connectivity index (χ3n) is 3.11. The molecule has 0 saturated heterocycles. The van der Waals surface area contributed by atoms with Gasteiger partial charge in [0.05, 0.1) is 10.0 Å². The normalized spacial score (nSPS) is 10.7. The molecule has 0 aliphatic carbocycles. The zero-order valence-corrected chi connectivity index (χ0v) is 12.2. The van der Waals surface area contributed by atoms with Crippen LogP contribution in [-0.4, -0.2) is 0 Å². The molecule has 0 N–H and O–H groups in total. The molecule has 3 heteroatoms. The Balaban J connectivity index is 1.77. The quantitative estimate of drug-likeness (QED) is 0.600. The summed E-state index contributed by atoms with van der Waals surface area (Å²) in [6.45, 7) is 0.467. The fourth-order valence-electron chi connectivity index (χ4n) is 2.05. The number of hydrogen-bond donors (Lipinski definition) is 0. The molecule has 0 saturated carbocycles. The van der Waals surface area contributed by atoms with Crippen molar-refractivity contribution in [3.05, 3.63) is 76.3 Å². The molecule has 3 aromatic carbocycles. The number of halogens is 2. The van der Waals surface area contributed by atoms with Crippen LogP contribution in [-0.2, 0) is 6.61 Å². The van der Waals surface area contributed by atoms with Crippen LogP contribution in [0.3, 0.4) is 0 Å². The molecule has 3 aromatic rings. The van der Waals surface area contributed by atoms with Gasteiger partial charge >= 0.3 is 0 Å². The number of fused-ring (bicyclic) bond motifs is 1. The first-order chi connectivity index (χ1) is 9.72. The lowest BCUT2D eigenvalue weighted by Crippen LogP contribution is -1.95. The monoisotopic (exact) mass is 302 g/mol. The highest BCUT2D eigenvalue weighted by Crippen LogP contribution is 2.24. The third-order valence-corrected chi connectivity index (χ3v) is 3.85. The van der Waals surface area contributed by atoms with E-state index in [1.54, 1.807) is 6.07 Å². The van der Waals surface area contributed by atoms with Crippen LogP contribution in [0.5, 0.6) is 5.75 Å². The van der Waals surface area contributed by atoms with E-state index in [1.807, 2.05) is 36.4 Å². The fourth-order valence-corrected chi connectivity index (χ4v) is 2.37. The first-order valence-electron chi connectivity index (χ1n) is 6.28. The van der Waals surface area contributed by atoms with Gasteiger partial charge in [0.1, 0.15) is 12.4 Å². The lowest BCUT2D eigenvalue weighted by molar-refractivity contribution is 0.306. The van der Waals surface area contributed by atoms with Crippen LogP contribution in [0.25, 0.3) is 10.8 Å². The average molecular weight is 303 g/mol. The Morgan fingerprint density at radius 1 is 0.750 bits per heavy atom. The second-order valence-corrected chi connectivity index (χ2v) is 5.36. The Bertz CT molecular complexity index is 753. The third kappa shape index (κ3) is 2.90. The molecule has 0 spiro atoms. The highest BCUT2D eigenvalue weighted by atomic mass is 35.5. The van der Waals surface area contributed by atoms with Gasteiger partial charge in [-0.1, -0.05) is 59.6 Å². The summed E-state index contributed by atoms with van der Waals surface area (Å²) in [6.07, 6.45) is 0. The maximum atomic E-state index is 5.99. The van der Waals surface area contributed by atoms with E-state index in [4.69, 9.17) is 27.9 Å². The van der Waals surface area contributed by atoms with Gasteiger partial charge in [-0.2, -0.15) is 0 Å². The molecule has 0 aliphatic heterocycles. The van der Waals surface area contributed by atoms with Crippen LogP contribution in [0.4, 0.5) is 0 Å². The van der Waals surface area contributed by atoms with E-state index in [-0.39, 0.29) is 0 Å². The lowest BCUT2D eigenvalue weighted by atomic mass is 10.1. The molecule has 100 valence electrons. The molecule has 0 bridgehead atoms. The molecule has 0 heterocycles. The maximum absolute atomic E-state index is 5.99. The van der Waals surface area contributed by atoms with Gasteiger partial charge in [-0.05, 0) is 40.6 Å². The number of hydrogen-bond acceptors (Lipinski definition) is 1. The molecule has 0 radical (unpaired) electrons. The van der Waals surface area contributed by atoms with E-state index in [0.717, 1.165) is 11.3 Å². The molecule has 0 amide bonds. The van der Waals surface area contributed by atoms with Crippen molar-refractivity contribution in [2.24, 2.45) is 0 Å². The summed E-state index contributed by atoms with van der Waals surface area (Å²) in [6, 6.07) is 19.8. The first kappa shape index (κ1) is 13.3. The van der Waals surface area contributed by atoms with E-state index in [2.05, 4.69) is 18.2 Å². The van der Waals surface area contributed by atoms with Gasteiger partial charge in [-0.25, -0.2) is 0 Å². The van der Waals surface area contributed by atoms with Crippen LogP contribution in [0.15, 0.2) is 60.7 Å². The minimum atomic E-state index is 0.467. The van der Waals surface area contributed by atoms with Crippen molar-refractivity contribution in [2.45, 2.75) is 6.61 Å². The molecule has 0 fully saturated rings. The second-order valence-electron chi connectivity index (χ2n) is 4.55. The van der Waals surface area contributed by atoms with Crippen molar-refractivity contribution in [3.8, 4) is 5.75 Å². The highest BCUT2D eigenvalue weighted by molar-refractivity contribution is 6.42. The van der Waals surface area contributed by atoms with E-state index in [9.17, 15) is 0 Å². The Morgan fingerprint density at radius 2 is 1.55 bits per heavy atom. The molecule has 20 heavy (non-hydrogen) atoms. The average Bonchev–Trinajstić information content (AvgIpc) is 2.48. The summed E-state index contributed by atoms with van der Waals surface area (Å²) in [5, 5.41) is 3.47. The molecule has 1 nitrogen and oxygen atoms in total. The van der Waals surface area contributed by atoms with E-state index >= 15 is 0 Å². The van der Waals surface area contributed by atoms with Crippen LogP contribution in [0, 0.1) is 0 Å². The van der Waals surface area contributed by atoms with Crippen molar-refractivity contribution in [1.82, 2.24) is 0 Å². The largest absolute Gasteiger partial charge is 0.489 e. The summed E-state index contributed by atoms with van der Waals surface area (Å²) in [5.41, 5.74) is 0.993. The maximum Gasteiger partial charge on any atom is 0.120 e. The molecular weight excluding hydrogens is 291 g/mol. The number of ether oxygens (including phenoxy) is 1. The van der Waals surface area contributed by atoms with E-state index in [0.29, 0.717) is 16.7 Å². The Kier molecular flexibility index (Phi) is 3.81. The predicted octanol–water partition coefficient (Wildman–Crippen LogP) is 5.73. The lowest BCUT2D eigenvalue weighted by Gasteiger charge is -2.08. The number of benzene rings is 3. The Labute approximate surface area is 127 Å². The first-order valence-corrected chi connectivity index (χ1v) is 7.03. The van der Waals surface area contributed by atoms with Crippen molar-refractivity contribution >= 4 is 34.0 Å². The van der Waals surface area contributed by atoms with Gasteiger partial charge in [0.2, 0.25) is 0 Å². The summed E-state index contributed by atoms with van der Waals surface area (Å²) >= 11 is 11.9. The van der Waals surface area contributed by atoms with Gasteiger partial charge in [-0.15, -0.1) is 0 Å². The predicted molar refractivity (Wildman–Crippen MR) is 84.7 cm³/mol. The van der Waals surface area contributed by atoms with Gasteiger partial charge in [0.15, 0.2) is 0 Å². The highest BCUT2D eigenvalue weighted by Gasteiger charge is 2.01. The minimum absolute atomic E-state index is 0.467. The van der Waals surface area contributed by atoms with Crippen molar-refractivity contribution < 1.29 is 4.74 Å². The van der Waals surface area contributed by atoms with Gasteiger partial charge < -0.3 is 4.74 Å². The molecule has 0 atom stereocenters. The van der Waals surface area contributed by atoms with Crippen LogP contribution in [0.1, 0.15) is 5.56 Å². The van der Waals surface area contributed by atoms with Crippen LogP contribution >= 0.6 is 23.2 Å². The smallest absolute Gasteiger partial charge is 0.120 e. The SMILES string of the molecule is Clc1ccc(COc2ccc3ccccc3c2)cc1Cl. The van der Waals surface area contributed by atoms with Crippen molar-refractivity contribution in [1.29, 1.82) is 0 Å². The minimum Gasteiger partial charge on any atom is -0.489 e. The Hall–Kier alpha value is -1.70. The Morgan fingerprint density at radius 3 is 2.35 bits per heavy atom. The van der Waals surface area contributed by atoms with Gasteiger partial charge in [0.25, 0.3) is 0 Å². The topological polar surface area (TPSA) is 9.23 Å².